The minimum absolute atomic E-state index is 0.0118. The lowest BCUT2D eigenvalue weighted by Gasteiger charge is -2.08. The van der Waals surface area contributed by atoms with Crippen molar-refractivity contribution >= 4 is 28.9 Å². The Morgan fingerprint density at radius 3 is 2.86 bits per heavy atom. The van der Waals surface area contributed by atoms with E-state index in [0.717, 1.165) is 17.9 Å². The zero-order chi connectivity index (χ0) is 15.4. The molecule has 1 aromatic heterocycles. The Hall–Kier alpha value is -2.54. The summed E-state index contributed by atoms with van der Waals surface area (Å²) in [4.78, 5) is 22.2. The molecule has 2 aromatic rings. The molecule has 0 saturated carbocycles. The summed E-state index contributed by atoms with van der Waals surface area (Å²) >= 11 is 5.80. The summed E-state index contributed by atoms with van der Waals surface area (Å²) in [7, 11) is 0. The minimum atomic E-state index is -0.634. The number of nitro benzene ring substituents is 1. The molecule has 0 saturated heterocycles. The van der Waals surface area contributed by atoms with Crippen LogP contribution in [0.15, 0.2) is 34.9 Å². The van der Waals surface area contributed by atoms with Crippen LogP contribution in [-0.2, 0) is 6.42 Å². The molecule has 1 heterocycles. The highest BCUT2D eigenvalue weighted by molar-refractivity contribution is 6.34. The van der Waals surface area contributed by atoms with E-state index in [0.29, 0.717) is 13.0 Å². The largest absolute Gasteiger partial charge is 0.469 e. The van der Waals surface area contributed by atoms with Gasteiger partial charge in [0.25, 0.3) is 11.6 Å². The molecule has 0 aliphatic rings. The van der Waals surface area contributed by atoms with Crippen LogP contribution in [0.1, 0.15) is 16.1 Å². The van der Waals surface area contributed by atoms with E-state index in [2.05, 4.69) is 5.32 Å². The second kappa shape index (κ2) is 6.27. The van der Waals surface area contributed by atoms with Crippen molar-refractivity contribution in [1.29, 1.82) is 0 Å². The second-order valence-electron chi connectivity index (χ2n) is 4.23. The molecule has 7 nitrogen and oxygen atoms in total. The highest BCUT2D eigenvalue weighted by Gasteiger charge is 2.18. The number of anilines is 1. The van der Waals surface area contributed by atoms with Gasteiger partial charge < -0.3 is 15.5 Å². The number of nitrogens with two attached hydrogens (primary N) is 1. The Morgan fingerprint density at radius 1 is 1.48 bits per heavy atom. The number of hydrogen-bond acceptors (Lipinski definition) is 5. The molecule has 1 aromatic carbocycles. The average molecular weight is 310 g/mol. The molecule has 110 valence electrons. The first-order valence-corrected chi connectivity index (χ1v) is 6.41. The van der Waals surface area contributed by atoms with Gasteiger partial charge in [-0.05, 0) is 12.1 Å². The smallest absolute Gasteiger partial charge is 0.271 e. The normalized spacial score (nSPS) is 10.3. The lowest BCUT2D eigenvalue weighted by atomic mass is 10.1. The van der Waals surface area contributed by atoms with Crippen molar-refractivity contribution in [3.8, 4) is 0 Å². The number of hydrogen-bond donors (Lipinski definition) is 2. The van der Waals surface area contributed by atoms with Crippen molar-refractivity contribution in [1.82, 2.24) is 5.32 Å². The zero-order valence-electron chi connectivity index (χ0n) is 10.8. The first-order chi connectivity index (χ1) is 9.99. The van der Waals surface area contributed by atoms with E-state index in [-0.39, 0.29) is 22.0 Å². The van der Waals surface area contributed by atoms with Gasteiger partial charge >= 0.3 is 0 Å². The lowest BCUT2D eigenvalue weighted by Crippen LogP contribution is -2.26. The Balaban J connectivity index is 2.09. The van der Waals surface area contributed by atoms with Crippen LogP contribution in [0.5, 0.6) is 0 Å². The van der Waals surface area contributed by atoms with Crippen LogP contribution in [0.3, 0.4) is 0 Å². The molecule has 0 spiro atoms. The maximum atomic E-state index is 12.0. The van der Waals surface area contributed by atoms with Gasteiger partial charge in [-0.1, -0.05) is 11.6 Å². The van der Waals surface area contributed by atoms with Gasteiger partial charge in [-0.3, -0.25) is 14.9 Å². The third kappa shape index (κ3) is 3.51. The summed E-state index contributed by atoms with van der Waals surface area (Å²) in [6.07, 6.45) is 2.04. The molecule has 2 rings (SSSR count). The van der Waals surface area contributed by atoms with E-state index in [1.165, 1.54) is 6.26 Å². The quantitative estimate of drug-likeness (QED) is 0.500. The number of carbonyl (C=O) groups excluding carboxylic acids is 1. The van der Waals surface area contributed by atoms with Crippen LogP contribution in [0.4, 0.5) is 11.4 Å². The Kier molecular flexibility index (Phi) is 4.44. The van der Waals surface area contributed by atoms with Crippen molar-refractivity contribution < 1.29 is 14.1 Å². The van der Waals surface area contributed by atoms with E-state index in [1.54, 1.807) is 12.1 Å². The van der Waals surface area contributed by atoms with Gasteiger partial charge in [0.05, 0.1) is 27.5 Å². The number of carbonyl (C=O) groups is 1. The summed E-state index contributed by atoms with van der Waals surface area (Å²) in [5.74, 6) is 0.199. The molecule has 1 amide bonds. The highest BCUT2D eigenvalue weighted by atomic mass is 35.5. The van der Waals surface area contributed by atoms with E-state index in [4.69, 9.17) is 21.8 Å². The van der Waals surface area contributed by atoms with Crippen molar-refractivity contribution in [3.63, 3.8) is 0 Å². The number of non-ortho nitro benzene ring substituents is 1. The zero-order valence-corrected chi connectivity index (χ0v) is 11.6. The lowest BCUT2D eigenvalue weighted by molar-refractivity contribution is -0.384. The predicted octanol–water partition coefficient (Wildman–Crippen LogP) is 2.40. The molecule has 0 atom stereocenters. The molecule has 0 radical (unpaired) electrons. The van der Waals surface area contributed by atoms with Crippen molar-refractivity contribution in [3.05, 3.63) is 57.0 Å². The predicted molar refractivity (Wildman–Crippen MR) is 77.3 cm³/mol. The Bertz CT molecular complexity index is 670. The number of nitrogens with one attached hydrogen (secondary N) is 1. The SMILES string of the molecule is Nc1c(Cl)cc([N+](=O)[O-])cc1C(=O)NCCc1ccco1. The van der Waals surface area contributed by atoms with Crippen LogP contribution in [0.25, 0.3) is 0 Å². The monoisotopic (exact) mass is 309 g/mol. The van der Waals surface area contributed by atoms with Gasteiger partial charge in [0, 0.05) is 25.1 Å². The molecule has 8 heteroatoms. The van der Waals surface area contributed by atoms with Gasteiger partial charge in [0.2, 0.25) is 0 Å². The fraction of sp³-hybridized carbons (Fsp3) is 0.154. The van der Waals surface area contributed by atoms with Gasteiger partial charge in [0.15, 0.2) is 0 Å². The fourth-order valence-corrected chi connectivity index (χ4v) is 1.96. The van der Waals surface area contributed by atoms with Crippen LogP contribution >= 0.6 is 11.6 Å². The molecular weight excluding hydrogens is 298 g/mol. The fourth-order valence-electron chi connectivity index (χ4n) is 1.75. The van der Waals surface area contributed by atoms with Gasteiger partial charge in [-0.25, -0.2) is 0 Å². The van der Waals surface area contributed by atoms with E-state index < -0.39 is 10.8 Å². The summed E-state index contributed by atoms with van der Waals surface area (Å²) < 4.78 is 5.13. The topological polar surface area (TPSA) is 111 Å². The third-order valence-corrected chi connectivity index (χ3v) is 3.12. The molecule has 0 bridgehead atoms. The number of rotatable bonds is 5. The maximum absolute atomic E-state index is 12.0. The van der Waals surface area contributed by atoms with Gasteiger partial charge in [0.1, 0.15) is 5.76 Å². The van der Waals surface area contributed by atoms with Crippen LogP contribution in [-0.4, -0.2) is 17.4 Å². The second-order valence-corrected chi connectivity index (χ2v) is 4.64. The number of benzene rings is 1. The van der Waals surface area contributed by atoms with Crippen molar-refractivity contribution in [2.75, 3.05) is 12.3 Å². The molecule has 3 N–H and O–H groups in total. The van der Waals surface area contributed by atoms with Crippen LogP contribution in [0.2, 0.25) is 5.02 Å². The summed E-state index contributed by atoms with van der Waals surface area (Å²) in [5.41, 5.74) is 5.39. The first-order valence-electron chi connectivity index (χ1n) is 6.03. The minimum Gasteiger partial charge on any atom is -0.469 e. The number of nitrogen functional groups attached to an aromatic ring is 1. The molecular formula is C13H12ClN3O4. The van der Waals surface area contributed by atoms with E-state index >= 15 is 0 Å². The van der Waals surface area contributed by atoms with Crippen LogP contribution < -0.4 is 11.1 Å². The maximum Gasteiger partial charge on any atom is 0.271 e. The van der Waals surface area contributed by atoms with Gasteiger partial charge in [-0.2, -0.15) is 0 Å². The number of halogens is 1. The van der Waals surface area contributed by atoms with Crippen LogP contribution in [0, 0.1) is 10.1 Å². The van der Waals surface area contributed by atoms with E-state index in [1.807, 2.05) is 0 Å². The number of nitro groups is 1. The Labute approximate surface area is 124 Å². The molecule has 21 heavy (non-hydrogen) atoms. The molecule has 0 unspecified atom stereocenters. The number of amides is 1. The first kappa shape index (κ1) is 14.9. The standard InChI is InChI=1S/C13H12ClN3O4/c14-11-7-8(17(19)20)6-10(12(11)15)13(18)16-4-3-9-2-1-5-21-9/h1-2,5-7H,3-4,15H2,(H,16,18). The summed E-state index contributed by atoms with van der Waals surface area (Å²) in [6, 6.07) is 5.74. The van der Waals surface area contributed by atoms with Crippen molar-refractivity contribution in [2.45, 2.75) is 6.42 Å². The van der Waals surface area contributed by atoms with Gasteiger partial charge in [-0.15, -0.1) is 0 Å². The summed E-state index contributed by atoms with van der Waals surface area (Å²) in [5, 5.41) is 13.4. The number of nitrogens with zero attached hydrogens (tertiary/aromatic N) is 1. The Morgan fingerprint density at radius 2 is 2.24 bits per heavy atom. The number of furan rings is 1. The average Bonchev–Trinajstić information content (AvgIpc) is 2.94. The summed E-state index contributed by atoms with van der Waals surface area (Å²) in [6.45, 7) is 0.312. The van der Waals surface area contributed by atoms with E-state index in [9.17, 15) is 14.9 Å². The highest BCUT2D eigenvalue weighted by Crippen LogP contribution is 2.28. The van der Waals surface area contributed by atoms with Crippen molar-refractivity contribution in [2.24, 2.45) is 0 Å². The molecule has 0 aliphatic carbocycles. The molecule has 0 fully saturated rings. The molecule has 0 aliphatic heterocycles. The third-order valence-electron chi connectivity index (χ3n) is 2.81.